The van der Waals surface area contributed by atoms with Crippen LogP contribution >= 0.6 is 7.82 Å². The molecule has 0 spiro atoms. The average molecular weight is 481 g/mol. The summed E-state index contributed by atoms with van der Waals surface area (Å²) >= 11 is 0. The first-order valence-electron chi connectivity index (χ1n) is 11.3. The third-order valence-electron chi connectivity index (χ3n) is 6.19. The highest BCUT2D eigenvalue weighted by Gasteiger charge is 2.19. The van der Waals surface area contributed by atoms with Crippen LogP contribution in [0.4, 0.5) is 0 Å². The Morgan fingerprint density at radius 3 is 2.59 bits per heavy atom. The zero-order valence-corrected chi connectivity index (χ0v) is 20.2. The fourth-order valence-electron chi connectivity index (χ4n) is 4.43. The number of fused-ring (bicyclic) bond motifs is 2. The predicted octanol–water partition coefficient (Wildman–Crippen LogP) is 4.25. The van der Waals surface area contributed by atoms with Gasteiger partial charge in [-0.25, -0.2) is 19.5 Å². The Morgan fingerprint density at radius 2 is 1.85 bits per heavy atom. The molecular weight excluding hydrogens is 451 g/mol. The van der Waals surface area contributed by atoms with Crippen molar-refractivity contribution in [2.45, 2.75) is 39.2 Å². The SMILES string of the molecule is Cc1nc2ncccc2cc1-c1ccc2cc(CCN3CCC[C@H]3C)ccc2n1.O=P(O)(O)O. The van der Waals surface area contributed by atoms with Crippen molar-refractivity contribution in [1.29, 1.82) is 0 Å². The molecule has 4 aromatic rings. The van der Waals surface area contributed by atoms with Crippen LogP contribution < -0.4 is 0 Å². The van der Waals surface area contributed by atoms with Gasteiger partial charge in [-0.05, 0) is 81.6 Å². The summed E-state index contributed by atoms with van der Waals surface area (Å²) in [6.45, 7) is 6.76. The minimum atomic E-state index is -4.64. The number of aryl methyl sites for hydroxylation is 1. The molecule has 34 heavy (non-hydrogen) atoms. The van der Waals surface area contributed by atoms with Crippen molar-refractivity contribution in [1.82, 2.24) is 19.9 Å². The normalized spacial score (nSPS) is 16.6. The van der Waals surface area contributed by atoms with Crippen LogP contribution in [0.3, 0.4) is 0 Å². The van der Waals surface area contributed by atoms with Gasteiger partial charge in [0.1, 0.15) is 0 Å². The maximum absolute atomic E-state index is 8.88. The van der Waals surface area contributed by atoms with Crippen LogP contribution in [0.25, 0.3) is 33.2 Å². The third kappa shape index (κ3) is 6.23. The highest BCUT2D eigenvalue weighted by Crippen LogP contribution is 2.27. The molecule has 1 fully saturated rings. The number of hydrogen-bond acceptors (Lipinski definition) is 5. The van der Waals surface area contributed by atoms with Gasteiger partial charge in [-0.2, -0.15) is 0 Å². The van der Waals surface area contributed by atoms with Crippen molar-refractivity contribution in [2.75, 3.05) is 13.1 Å². The van der Waals surface area contributed by atoms with E-state index in [4.69, 9.17) is 24.2 Å². The Balaban J connectivity index is 0.000000499. The van der Waals surface area contributed by atoms with E-state index < -0.39 is 7.82 Å². The minimum absolute atomic E-state index is 0.730. The summed E-state index contributed by atoms with van der Waals surface area (Å²) < 4.78 is 8.88. The van der Waals surface area contributed by atoms with Crippen LogP contribution in [0.1, 0.15) is 31.0 Å². The van der Waals surface area contributed by atoms with Crippen LogP contribution in [0.15, 0.2) is 54.7 Å². The lowest BCUT2D eigenvalue weighted by Gasteiger charge is -2.20. The first-order valence-corrected chi connectivity index (χ1v) is 12.9. The summed E-state index contributed by atoms with van der Waals surface area (Å²) in [5.74, 6) is 0. The van der Waals surface area contributed by atoms with Crippen LogP contribution in [0, 0.1) is 6.92 Å². The van der Waals surface area contributed by atoms with Crippen LogP contribution in [-0.2, 0) is 11.0 Å². The molecule has 0 unspecified atom stereocenters. The topological polar surface area (TPSA) is 120 Å². The Bertz CT molecular complexity index is 1350. The summed E-state index contributed by atoms with van der Waals surface area (Å²) in [6.07, 6.45) is 5.56. The number of benzene rings is 1. The van der Waals surface area contributed by atoms with Gasteiger partial charge in [0.2, 0.25) is 0 Å². The molecule has 5 rings (SSSR count). The highest BCUT2D eigenvalue weighted by molar-refractivity contribution is 7.45. The molecule has 1 saturated heterocycles. The van der Waals surface area contributed by atoms with Gasteiger partial charge in [0.05, 0.1) is 11.2 Å². The maximum atomic E-state index is 8.88. The predicted molar refractivity (Wildman–Crippen MR) is 133 cm³/mol. The molecule has 1 aromatic carbocycles. The van der Waals surface area contributed by atoms with Gasteiger partial charge in [-0.1, -0.05) is 12.1 Å². The van der Waals surface area contributed by atoms with Crippen molar-refractivity contribution in [2.24, 2.45) is 0 Å². The molecule has 0 aliphatic carbocycles. The van der Waals surface area contributed by atoms with Gasteiger partial charge in [-0.3, -0.25) is 0 Å². The molecule has 0 bridgehead atoms. The smallest absolute Gasteiger partial charge is 0.303 e. The lowest BCUT2D eigenvalue weighted by atomic mass is 10.0. The number of rotatable bonds is 4. The average Bonchev–Trinajstić information content (AvgIpc) is 3.20. The van der Waals surface area contributed by atoms with E-state index in [1.54, 1.807) is 6.20 Å². The molecule has 0 amide bonds. The molecule has 0 saturated carbocycles. The number of likely N-dealkylation sites (tertiary alicyclic amines) is 1. The van der Waals surface area contributed by atoms with Gasteiger partial charge in [0.25, 0.3) is 0 Å². The second kappa shape index (κ2) is 10.3. The number of pyridine rings is 3. The second-order valence-electron chi connectivity index (χ2n) is 8.69. The molecule has 178 valence electrons. The van der Waals surface area contributed by atoms with Gasteiger partial charge in [-0.15, -0.1) is 0 Å². The summed E-state index contributed by atoms with van der Waals surface area (Å²) in [7, 11) is -4.64. The summed E-state index contributed by atoms with van der Waals surface area (Å²) in [6, 6.07) is 17.9. The molecular formula is C25H29N4O4P. The summed E-state index contributed by atoms with van der Waals surface area (Å²) in [5.41, 5.74) is 6.20. The Kier molecular flexibility index (Phi) is 7.36. The maximum Gasteiger partial charge on any atom is 0.466 e. The molecule has 1 aliphatic heterocycles. The number of hydrogen-bond donors (Lipinski definition) is 3. The van der Waals surface area contributed by atoms with Crippen molar-refractivity contribution >= 4 is 29.8 Å². The van der Waals surface area contributed by atoms with Gasteiger partial charge in [0, 0.05) is 40.8 Å². The van der Waals surface area contributed by atoms with Crippen LogP contribution in [-0.4, -0.2) is 53.7 Å². The van der Waals surface area contributed by atoms with Gasteiger partial charge in [0.15, 0.2) is 5.65 Å². The summed E-state index contributed by atoms with van der Waals surface area (Å²) in [4.78, 5) is 38.1. The highest BCUT2D eigenvalue weighted by atomic mass is 31.2. The number of aromatic nitrogens is 3. The van der Waals surface area contributed by atoms with E-state index in [1.165, 1.54) is 30.3 Å². The quantitative estimate of drug-likeness (QED) is 0.371. The molecule has 9 heteroatoms. The zero-order chi connectivity index (χ0) is 24.3. The lowest BCUT2D eigenvalue weighted by molar-refractivity contribution is 0.272. The standard InChI is InChI=1S/C25H26N4.H3O4P/c1-17-5-4-13-29(17)14-11-19-7-9-23-20(15-19)8-10-24(28-23)22-16-21-6-3-12-26-25(21)27-18(22)2;1-5(2,3)4/h3,6-10,12,15-17H,4-5,11,13-14H2,1-2H3;(H3,1,2,3,4)/t17-;/m1./s1. The summed E-state index contributed by atoms with van der Waals surface area (Å²) in [5, 5.41) is 2.25. The first kappa shape index (κ1) is 24.4. The second-order valence-corrected chi connectivity index (χ2v) is 9.71. The van der Waals surface area contributed by atoms with Crippen LogP contribution in [0.2, 0.25) is 0 Å². The van der Waals surface area contributed by atoms with Crippen LogP contribution in [0.5, 0.6) is 0 Å². The third-order valence-corrected chi connectivity index (χ3v) is 6.19. The van der Waals surface area contributed by atoms with Crippen molar-refractivity contribution in [3.05, 3.63) is 66.0 Å². The Labute approximate surface area is 198 Å². The monoisotopic (exact) mass is 480 g/mol. The van der Waals surface area contributed by atoms with Crippen molar-refractivity contribution in [3.8, 4) is 11.3 Å². The molecule has 4 heterocycles. The molecule has 1 aliphatic rings. The number of nitrogens with zero attached hydrogens (tertiary/aromatic N) is 4. The van der Waals surface area contributed by atoms with E-state index in [2.05, 4.69) is 58.2 Å². The molecule has 0 radical (unpaired) electrons. The largest absolute Gasteiger partial charge is 0.466 e. The van der Waals surface area contributed by atoms with Gasteiger partial charge < -0.3 is 19.6 Å². The van der Waals surface area contributed by atoms with Crippen molar-refractivity contribution in [3.63, 3.8) is 0 Å². The Hall–Kier alpha value is -2.74. The van der Waals surface area contributed by atoms with E-state index in [0.29, 0.717) is 0 Å². The molecule has 3 N–H and O–H groups in total. The zero-order valence-electron chi connectivity index (χ0n) is 19.3. The van der Waals surface area contributed by atoms with E-state index >= 15 is 0 Å². The van der Waals surface area contributed by atoms with E-state index in [-0.39, 0.29) is 0 Å². The van der Waals surface area contributed by atoms with E-state index in [0.717, 1.165) is 52.5 Å². The molecule has 1 atom stereocenters. The van der Waals surface area contributed by atoms with Crippen molar-refractivity contribution < 1.29 is 19.2 Å². The first-order chi connectivity index (χ1) is 16.2. The van der Waals surface area contributed by atoms with E-state index in [1.807, 2.05) is 19.1 Å². The fraction of sp³-hybridized carbons (Fsp3) is 0.320. The van der Waals surface area contributed by atoms with Gasteiger partial charge >= 0.3 is 7.82 Å². The molecule has 8 nitrogen and oxygen atoms in total. The minimum Gasteiger partial charge on any atom is -0.303 e. The number of phosphoric acid groups is 1. The lowest BCUT2D eigenvalue weighted by Crippen LogP contribution is -2.28. The molecule has 3 aromatic heterocycles. The van der Waals surface area contributed by atoms with E-state index in [9.17, 15) is 0 Å². The fourth-order valence-corrected chi connectivity index (χ4v) is 4.43. The Morgan fingerprint density at radius 1 is 1.06 bits per heavy atom.